The van der Waals surface area contributed by atoms with E-state index >= 15 is 0 Å². The van der Waals surface area contributed by atoms with Gasteiger partial charge in [-0.25, -0.2) is 0 Å². The smallest absolute Gasteiger partial charge is 0.303 e. The first-order chi connectivity index (χ1) is 16.5. The van der Waals surface area contributed by atoms with E-state index in [-0.39, 0.29) is 12.3 Å². The first-order valence-corrected chi connectivity index (χ1v) is 13.6. The topological polar surface area (TPSA) is 76.1 Å². The number of carbonyl (C=O) groups is 2. The number of ether oxygens (including phenoxy) is 2. The fourth-order valence-corrected chi connectivity index (χ4v) is 4.94. The summed E-state index contributed by atoms with van der Waals surface area (Å²) in [6.07, 6.45) is 11.3. The van der Waals surface area contributed by atoms with Gasteiger partial charge in [-0.2, -0.15) is 0 Å². The summed E-state index contributed by atoms with van der Waals surface area (Å²) < 4.78 is 12.3. The average Bonchev–Trinajstić information content (AvgIpc) is 3.06. The van der Waals surface area contributed by atoms with Crippen LogP contribution in [0.3, 0.4) is 0 Å². The first-order valence-electron chi connectivity index (χ1n) is 12.3. The van der Waals surface area contributed by atoms with Crippen molar-refractivity contribution in [3.63, 3.8) is 0 Å². The summed E-state index contributed by atoms with van der Waals surface area (Å²) in [5.41, 5.74) is 0.859. The number of carbonyl (C=O) groups excluding carboxylic acids is 1. The predicted molar refractivity (Wildman–Crippen MR) is 142 cm³/mol. The van der Waals surface area contributed by atoms with E-state index in [9.17, 15) is 9.59 Å². The Bertz CT molecular complexity index is 856. The van der Waals surface area contributed by atoms with Crippen LogP contribution >= 0.6 is 24.0 Å². The molecule has 1 aromatic rings. The maximum atomic E-state index is 12.8. The second-order valence-electron chi connectivity index (χ2n) is 8.29. The third kappa shape index (κ3) is 9.66. The minimum absolute atomic E-state index is 0.102. The molecule has 1 aromatic carbocycles. The Labute approximate surface area is 213 Å². The van der Waals surface area contributed by atoms with Crippen molar-refractivity contribution in [2.75, 3.05) is 19.8 Å². The lowest BCUT2D eigenvalue weighted by molar-refractivity contribution is -0.137. The lowest BCUT2D eigenvalue weighted by Crippen LogP contribution is -2.29. The quantitative estimate of drug-likeness (QED) is 0.143. The van der Waals surface area contributed by atoms with Crippen molar-refractivity contribution >= 4 is 46.3 Å². The van der Waals surface area contributed by atoms with Crippen molar-refractivity contribution in [2.45, 2.75) is 78.1 Å². The number of thioether (sulfide) groups is 1. The van der Waals surface area contributed by atoms with Crippen LogP contribution in [0.4, 0.5) is 0 Å². The molecule has 0 bridgehead atoms. The highest BCUT2D eigenvalue weighted by Gasteiger charge is 2.31. The van der Waals surface area contributed by atoms with Gasteiger partial charge in [0.15, 0.2) is 11.5 Å². The minimum atomic E-state index is -0.793. The molecular formula is C26H37NO5S2. The molecule has 0 saturated carbocycles. The van der Waals surface area contributed by atoms with Crippen LogP contribution in [0.2, 0.25) is 0 Å². The van der Waals surface area contributed by atoms with Crippen LogP contribution in [-0.4, -0.2) is 46.0 Å². The van der Waals surface area contributed by atoms with Gasteiger partial charge in [0.2, 0.25) is 0 Å². The highest BCUT2D eigenvalue weighted by Crippen LogP contribution is 2.35. The van der Waals surface area contributed by atoms with Gasteiger partial charge >= 0.3 is 5.97 Å². The number of hydrogen-bond acceptors (Lipinski definition) is 6. The van der Waals surface area contributed by atoms with Crippen molar-refractivity contribution in [1.82, 2.24) is 4.90 Å². The normalized spacial score (nSPS) is 14.8. The highest BCUT2D eigenvalue weighted by molar-refractivity contribution is 8.26. The van der Waals surface area contributed by atoms with Crippen molar-refractivity contribution in [3.05, 3.63) is 28.7 Å². The van der Waals surface area contributed by atoms with E-state index in [1.165, 1.54) is 43.9 Å². The summed E-state index contributed by atoms with van der Waals surface area (Å²) in [7, 11) is 0. The molecule has 6 nitrogen and oxygen atoms in total. The number of aliphatic carboxylic acids is 1. The zero-order valence-corrected chi connectivity index (χ0v) is 22.0. The van der Waals surface area contributed by atoms with E-state index in [0.717, 1.165) is 30.6 Å². The third-order valence-electron chi connectivity index (χ3n) is 5.47. The van der Waals surface area contributed by atoms with Crippen molar-refractivity contribution in [3.8, 4) is 11.5 Å². The van der Waals surface area contributed by atoms with Crippen LogP contribution in [-0.2, 0) is 9.59 Å². The summed E-state index contributed by atoms with van der Waals surface area (Å²) in [4.78, 5) is 25.6. The predicted octanol–water partition coefficient (Wildman–Crippen LogP) is 6.67. The number of carboxylic acids is 1. The van der Waals surface area contributed by atoms with Crippen LogP contribution < -0.4 is 9.47 Å². The second kappa shape index (κ2) is 15.8. The van der Waals surface area contributed by atoms with E-state index < -0.39 is 5.97 Å². The van der Waals surface area contributed by atoms with Gasteiger partial charge in [-0.1, -0.05) is 75.5 Å². The molecular weight excluding hydrogens is 470 g/mol. The number of nitrogens with zero attached hydrogens (tertiary/aromatic N) is 1. The largest absolute Gasteiger partial charge is 0.490 e. The number of rotatable bonds is 17. The minimum Gasteiger partial charge on any atom is -0.490 e. The highest BCUT2D eigenvalue weighted by atomic mass is 32.2. The average molecular weight is 508 g/mol. The van der Waals surface area contributed by atoms with Crippen LogP contribution in [0.25, 0.3) is 6.08 Å². The molecule has 188 valence electrons. The fraction of sp³-hybridized carbons (Fsp3) is 0.577. The molecule has 1 heterocycles. The maximum absolute atomic E-state index is 12.8. The van der Waals surface area contributed by atoms with Crippen molar-refractivity contribution in [1.29, 1.82) is 0 Å². The van der Waals surface area contributed by atoms with Crippen LogP contribution in [0.1, 0.15) is 83.6 Å². The Kier molecular flexibility index (Phi) is 13.1. The maximum Gasteiger partial charge on any atom is 0.303 e. The molecule has 0 spiro atoms. The van der Waals surface area contributed by atoms with E-state index in [1.807, 2.05) is 31.2 Å². The molecule has 8 heteroatoms. The summed E-state index contributed by atoms with van der Waals surface area (Å²) in [5.74, 6) is 0.506. The van der Waals surface area contributed by atoms with Gasteiger partial charge in [0.1, 0.15) is 4.32 Å². The number of amides is 1. The lowest BCUT2D eigenvalue weighted by Gasteiger charge is -2.14. The Hall–Kier alpha value is -2.06. The molecule has 1 saturated heterocycles. The SMILES string of the molecule is CCCCCCCCOc1ccc(/C=C2/SC(=S)N(CCCCCC(=O)O)C2=O)cc1OCC. The molecule has 1 aliphatic heterocycles. The molecule has 0 unspecified atom stereocenters. The summed E-state index contributed by atoms with van der Waals surface area (Å²) in [6.45, 7) is 5.86. The van der Waals surface area contributed by atoms with Crippen LogP contribution in [0, 0.1) is 0 Å². The van der Waals surface area contributed by atoms with E-state index in [2.05, 4.69) is 6.92 Å². The number of carboxylic acid groups (broad SMARTS) is 1. The molecule has 1 N–H and O–H groups in total. The Balaban J connectivity index is 1.93. The summed E-state index contributed by atoms with van der Waals surface area (Å²) in [5, 5.41) is 8.73. The third-order valence-corrected chi connectivity index (χ3v) is 6.84. The molecule has 0 atom stereocenters. The summed E-state index contributed by atoms with van der Waals surface area (Å²) >= 11 is 6.70. The molecule has 0 aromatic heterocycles. The van der Waals surface area contributed by atoms with Gasteiger partial charge in [-0.05, 0) is 50.0 Å². The molecule has 1 fully saturated rings. The van der Waals surface area contributed by atoms with Gasteiger partial charge in [-0.3, -0.25) is 14.5 Å². The Morgan fingerprint density at radius 3 is 2.50 bits per heavy atom. The first kappa shape index (κ1) is 28.2. The van der Waals surface area contributed by atoms with Crippen LogP contribution in [0.15, 0.2) is 23.1 Å². The molecule has 1 aliphatic rings. The summed E-state index contributed by atoms with van der Waals surface area (Å²) in [6, 6.07) is 5.73. The zero-order valence-electron chi connectivity index (χ0n) is 20.3. The lowest BCUT2D eigenvalue weighted by atomic mass is 10.1. The second-order valence-corrected chi connectivity index (χ2v) is 9.97. The number of unbranched alkanes of at least 4 members (excludes halogenated alkanes) is 7. The molecule has 0 radical (unpaired) electrons. The fourth-order valence-electron chi connectivity index (χ4n) is 3.63. The standard InChI is InChI=1S/C26H37NO5S2/c1-3-5-6-7-8-12-17-32-21-15-14-20(18-22(21)31-4-2)19-23-25(30)27(26(33)34-23)16-11-9-10-13-24(28)29/h14-15,18-19H,3-13,16-17H2,1-2H3,(H,28,29)/b23-19+. The number of hydrogen-bond donors (Lipinski definition) is 1. The molecule has 0 aliphatic carbocycles. The van der Waals surface area contributed by atoms with Gasteiger partial charge in [0.25, 0.3) is 5.91 Å². The van der Waals surface area contributed by atoms with Crippen LogP contribution in [0.5, 0.6) is 11.5 Å². The number of thiocarbonyl (C=S) groups is 1. The Morgan fingerprint density at radius 2 is 1.76 bits per heavy atom. The molecule has 1 amide bonds. The molecule has 2 rings (SSSR count). The van der Waals surface area contributed by atoms with Crippen molar-refractivity contribution in [2.24, 2.45) is 0 Å². The zero-order chi connectivity index (χ0) is 24.8. The number of benzene rings is 1. The molecule has 34 heavy (non-hydrogen) atoms. The van der Waals surface area contributed by atoms with Crippen molar-refractivity contribution < 1.29 is 24.2 Å². The van der Waals surface area contributed by atoms with E-state index in [4.69, 9.17) is 26.8 Å². The van der Waals surface area contributed by atoms with Gasteiger partial charge in [0, 0.05) is 13.0 Å². The van der Waals surface area contributed by atoms with Gasteiger partial charge in [0.05, 0.1) is 18.1 Å². The van der Waals surface area contributed by atoms with E-state index in [1.54, 1.807) is 4.90 Å². The Morgan fingerprint density at radius 1 is 1.03 bits per heavy atom. The van der Waals surface area contributed by atoms with Gasteiger partial charge in [-0.15, -0.1) is 0 Å². The monoisotopic (exact) mass is 507 g/mol. The van der Waals surface area contributed by atoms with E-state index in [0.29, 0.717) is 41.2 Å². The van der Waals surface area contributed by atoms with Gasteiger partial charge < -0.3 is 14.6 Å².